The van der Waals surface area contributed by atoms with E-state index in [0.717, 1.165) is 40.5 Å². The van der Waals surface area contributed by atoms with E-state index in [1.807, 2.05) is 31.2 Å². The quantitative estimate of drug-likeness (QED) is 0.600. The molecule has 1 atom stereocenters. The first-order valence-corrected chi connectivity index (χ1v) is 9.96. The van der Waals surface area contributed by atoms with Crippen molar-refractivity contribution in [3.63, 3.8) is 0 Å². The molecule has 0 N–H and O–H groups in total. The van der Waals surface area contributed by atoms with E-state index in [4.69, 9.17) is 26.1 Å². The molecule has 0 bridgehead atoms. The fourth-order valence-corrected chi connectivity index (χ4v) is 3.99. The van der Waals surface area contributed by atoms with Crippen molar-refractivity contribution in [1.29, 1.82) is 0 Å². The molecule has 0 spiro atoms. The first-order chi connectivity index (χ1) is 14.0. The standard InChI is InChI=1S/C22H23ClFN3O2/c1-13-8-16(9-17(11-24)25-13)21-19-6-7-29-14(2)12-27(19)22(26-21)15-4-5-18(23)20(10-15)28-3/h4-5,8-10,14H,6-7,11-12H2,1-3H3/t14-/m1/s1. The third kappa shape index (κ3) is 3.87. The van der Waals surface area contributed by atoms with Gasteiger partial charge >= 0.3 is 0 Å². The van der Waals surface area contributed by atoms with Gasteiger partial charge in [-0.05, 0) is 44.2 Å². The van der Waals surface area contributed by atoms with Crippen molar-refractivity contribution in [2.24, 2.45) is 0 Å². The van der Waals surface area contributed by atoms with Crippen molar-refractivity contribution in [3.05, 3.63) is 52.4 Å². The number of halogens is 2. The molecule has 0 radical (unpaired) electrons. The van der Waals surface area contributed by atoms with Crippen LogP contribution in [0.25, 0.3) is 22.6 Å². The number of imidazole rings is 1. The summed E-state index contributed by atoms with van der Waals surface area (Å²) >= 11 is 6.21. The Labute approximate surface area is 174 Å². The maximum absolute atomic E-state index is 13.3. The lowest BCUT2D eigenvalue weighted by Crippen LogP contribution is -2.15. The Bertz CT molecular complexity index is 1050. The SMILES string of the molecule is COc1cc(-c2nc(-c3cc(C)nc(CF)c3)c3n2C[C@@H](C)OCC3)ccc1Cl. The number of ether oxygens (including phenoxy) is 2. The van der Waals surface area contributed by atoms with E-state index < -0.39 is 6.67 Å². The lowest BCUT2D eigenvalue weighted by atomic mass is 10.1. The van der Waals surface area contributed by atoms with E-state index in [1.54, 1.807) is 13.2 Å². The lowest BCUT2D eigenvalue weighted by molar-refractivity contribution is 0.0666. The summed E-state index contributed by atoms with van der Waals surface area (Å²) in [6.07, 6.45) is 0.788. The molecule has 5 nitrogen and oxygen atoms in total. The number of methoxy groups -OCH3 is 1. The fourth-order valence-electron chi connectivity index (χ4n) is 3.80. The Kier molecular flexibility index (Phi) is 5.56. The summed E-state index contributed by atoms with van der Waals surface area (Å²) in [5.41, 5.74) is 4.88. The third-order valence-corrected chi connectivity index (χ3v) is 5.39. The molecule has 29 heavy (non-hydrogen) atoms. The molecule has 4 rings (SSSR count). The van der Waals surface area contributed by atoms with Crippen LogP contribution < -0.4 is 4.74 Å². The molecule has 0 fully saturated rings. The number of hydrogen-bond donors (Lipinski definition) is 0. The zero-order valence-electron chi connectivity index (χ0n) is 16.7. The molecule has 1 aliphatic heterocycles. The van der Waals surface area contributed by atoms with Gasteiger partial charge in [-0.1, -0.05) is 11.6 Å². The van der Waals surface area contributed by atoms with Crippen LogP contribution >= 0.6 is 11.6 Å². The van der Waals surface area contributed by atoms with E-state index >= 15 is 0 Å². The van der Waals surface area contributed by atoms with Crippen LogP contribution in [0.3, 0.4) is 0 Å². The second kappa shape index (κ2) is 8.13. The van der Waals surface area contributed by atoms with Crippen LogP contribution in [0.5, 0.6) is 5.75 Å². The fraction of sp³-hybridized carbons (Fsp3) is 0.364. The predicted molar refractivity (Wildman–Crippen MR) is 111 cm³/mol. The molecule has 3 aromatic rings. The average Bonchev–Trinajstić information content (AvgIpc) is 2.94. The van der Waals surface area contributed by atoms with Gasteiger partial charge < -0.3 is 14.0 Å². The van der Waals surface area contributed by atoms with Gasteiger partial charge in [-0.15, -0.1) is 0 Å². The summed E-state index contributed by atoms with van der Waals surface area (Å²) in [4.78, 5) is 9.24. The van der Waals surface area contributed by atoms with Gasteiger partial charge in [0.15, 0.2) is 0 Å². The van der Waals surface area contributed by atoms with E-state index in [9.17, 15) is 4.39 Å². The van der Waals surface area contributed by atoms with Crippen molar-refractivity contribution in [3.8, 4) is 28.4 Å². The lowest BCUT2D eigenvalue weighted by Gasteiger charge is -2.13. The van der Waals surface area contributed by atoms with Gasteiger partial charge in [-0.2, -0.15) is 0 Å². The number of rotatable bonds is 4. The largest absolute Gasteiger partial charge is 0.495 e. The minimum atomic E-state index is -0.605. The molecule has 1 aliphatic rings. The maximum Gasteiger partial charge on any atom is 0.141 e. The number of pyridine rings is 1. The Morgan fingerprint density at radius 2 is 2.07 bits per heavy atom. The molecular weight excluding hydrogens is 393 g/mol. The van der Waals surface area contributed by atoms with Crippen LogP contribution in [0, 0.1) is 6.92 Å². The smallest absolute Gasteiger partial charge is 0.141 e. The molecular formula is C22H23ClFN3O2. The highest BCUT2D eigenvalue weighted by atomic mass is 35.5. The van der Waals surface area contributed by atoms with Crippen LogP contribution in [0.4, 0.5) is 4.39 Å². The zero-order chi connectivity index (χ0) is 20.5. The highest BCUT2D eigenvalue weighted by Crippen LogP contribution is 2.35. The average molecular weight is 416 g/mol. The summed E-state index contributed by atoms with van der Waals surface area (Å²) in [7, 11) is 1.59. The monoisotopic (exact) mass is 415 g/mol. The van der Waals surface area contributed by atoms with Gasteiger partial charge in [-0.25, -0.2) is 9.37 Å². The molecule has 1 aromatic carbocycles. The summed E-state index contributed by atoms with van der Waals surface area (Å²) in [6, 6.07) is 9.36. The minimum absolute atomic E-state index is 0.0619. The summed E-state index contributed by atoms with van der Waals surface area (Å²) < 4.78 is 26.8. The Balaban J connectivity index is 1.92. The van der Waals surface area contributed by atoms with Gasteiger partial charge in [0.2, 0.25) is 0 Å². The second-order valence-corrected chi connectivity index (χ2v) is 7.65. The van der Waals surface area contributed by atoms with Crippen molar-refractivity contribution in [2.75, 3.05) is 13.7 Å². The predicted octanol–water partition coefficient (Wildman–Crippen LogP) is 5.01. The van der Waals surface area contributed by atoms with E-state index in [-0.39, 0.29) is 6.10 Å². The van der Waals surface area contributed by atoms with Crippen molar-refractivity contribution < 1.29 is 13.9 Å². The van der Waals surface area contributed by atoms with E-state index in [2.05, 4.69) is 16.5 Å². The molecule has 0 saturated heterocycles. The minimum Gasteiger partial charge on any atom is -0.495 e. The number of fused-ring (bicyclic) bond motifs is 1. The van der Waals surface area contributed by atoms with Crippen molar-refractivity contribution >= 4 is 11.6 Å². The van der Waals surface area contributed by atoms with Crippen LogP contribution in [0.2, 0.25) is 5.02 Å². The van der Waals surface area contributed by atoms with Gasteiger partial charge in [0.05, 0.1) is 42.8 Å². The number of nitrogens with zero attached hydrogens (tertiary/aromatic N) is 3. The Hall–Kier alpha value is -2.44. The topological polar surface area (TPSA) is 49.2 Å². The first kappa shape index (κ1) is 19.9. The Morgan fingerprint density at radius 3 is 2.83 bits per heavy atom. The van der Waals surface area contributed by atoms with Gasteiger partial charge in [0, 0.05) is 28.9 Å². The number of alkyl halides is 1. The third-order valence-electron chi connectivity index (χ3n) is 5.08. The molecule has 0 saturated carbocycles. The van der Waals surface area contributed by atoms with Gasteiger partial charge in [-0.3, -0.25) is 4.98 Å². The van der Waals surface area contributed by atoms with Crippen molar-refractivity contribution in [2.45, 2.75) is 39.6 Å². The molecule has 3 heterocycles. The summed E-state index contributed by atoms with van der Waals surface area (Å²) in [5, 5.41) is 0.549. The molecule has 2 aromatic heterocycles. The maximum atomic E-state index is 13.3. The molecule has 0 unspecified atom stereocenters. The van der Waals surface area contributed by atoms with Crippen LogP contribution in [-0.2, 0) is 24.4 Å². The first-order valence-electron chi connectivity index (χ1n) is 9.59. The molecule has 0 amide bonds. The normalized spacial score (nSPS) is 16.4. The number of aromatic nitrogens is 3. The van der Waals surface area contributed by atoms with Gasteiger partial charge in [0.1, 0.15) is 18.2 Å². The summed E-state index contributed by atoms with van der Waals surface area (Å²) in [6.45, 7) is 4.62. The number of aryl methyl sites for hydroxylation is 1. The molecule has 7 heteroatoms. The molecule has 0 aliphatic carbocycles. The highest BCUT2D eigenvalue weighted by molar-refractivity contribution is 6.32. The second-order valence-electron chi connectivity index (χ2n) is 7.24. The summed E-state index contributed by atoms with van der Waals surface area (Å²) in [5.74, 6) is 1.42. The van der Waals surface area contributed by atoms with Crippen LogP contribution in [0.1, 0.15) is 24.0 Å². The zero-order valence-corrected chi connectivity index (χ0v) is 17.5. The number of benzene rings is 1. The van der Waals surface area contributed by atoms with Crippen LogP contribution in [0.15, 0.2) is 30.3 Å². The van der Waals surface area contributed by atoms with Gasteiger partial charge in [0.25, 0.3) is 0 Å². The Morgan fingerprint density at radius 1 is 1.24 bits per heavy atom. The van der Waals surface area contributed by atoms with E-state index in [1.165, 1.54) is 0 Å². The van der Waals surface area contributed by atoms with Crippen molar-refractivity contribution in [1.82, 2.24) is 14.5 Å². The highest BCUT2D eigenvalue weighted by Gasteiger charge is 2.24. The molecule has 152 valence electrons. The number of hydrogen-bond acceptors (Lipinski definition) is 4. The van der Waals surface area contributed by atoms with E-state index in [0.29, 0.717) is 29.6 Å². The van der Waals surface area contributed by atoms with Crippen LogP contribution in [-0.4, -0.2) is 34.4 Å².